The standard InChI is InChI=1S/C18H18ClFN2O2/c1-12-5-6-13(20)11-14(12)18(23)21-16-4-2-3-15(19)17(16)22-7-9-24-10-8-22/h2-6,11H,7-10H2,1H3,(H,21,23). The van der Waals surface area contributed by atoms with E-state index in [2.05, 4.69) is 10.2 Å². The van der Waals surface area contributed by atoms with Gasteiger partial charge in [-0.3, -0.25) is 4.79 Å². The lowest BCUT2D eigenvalue weighted by molar-refractivity contribution is 0.102. The fourth-order valence-corrected chi connectivity index (χ4v) is 3.05. The van der Waals surface area contributed by atoms with Gasteiger partial charge in [-0.05, 0) is 36.8 Å². The monoisotopic (exact) mass is 348 g/mol. The molecule has 0 radical (unpaired) electrons. The number of carbonyl (C=O) groups is 1. The SMILES string of the molecule is Cc1ccc(F)cc1C(=O)Nc1cccc(Cl)c1N1CCOCC1. The first-order valence-corrected chi connectivity index (χ1v) is 8.13. The highest BCUT2D eigenvalue weighted by molar-refractivity contribution is 6.34. The van der Waals surface area contributed by atoms with Crippen molar-refractivity contribution in [3.8, 4) is 0 Å². The number of hydrogen-bond donors (Lipinski definition) is 1. The quantitative estimate of drug-likeness (QED) is 0.915. The van der Waals surface area contributed by atoms with E-state index in [0.717, 1.165) is 5.69 Å². The number of hydrogen-bond acceptors (Lipinski definition) is 3. The molecule has 1 aliphatic rings. The van der Waals surface area contributed by atoms with Crippen LogP contribution in [-0.4, -0.2) is 32.2 Å². The number of carbonyl (C=O) groups excluding carboxylic acids is 1. The van der Waals surface area contributed by atoms with Crippen LogP contribution < -0.4 is 10.2 Å². The molecule has 1 fully saturated rings. The second-order valence-corrected chi connectivity index (χ2v) is 6.06. The molecule has 3 rings (SSSR count). The van der Waals surface area contributed by atoms with Crippen molar-refractivity contribution in [2.75, 3.05) is 36.5 Å². The number of rotatable bonds is 3. The maximum absolute atomic E-state index is 13.5. The summed E-state index contributed by atoms with van der Waals surface area (Å²) >= 11 is 6.35. The third-order valence-corrected chi connectivity index (χ3v) is 4.31. The molecule has 1 amide bonds. The molecule has 24 heavy (non-hydrogen) atoms. The Kier molecular flexibility index (Phi) is 5.02. The summed E-state index contributed by atoms with van der Waals surface area (Å²) in [6.45, 7) is 4.40. The van der Waals surface area contributed by atoms with Crippen molar-refractivity contribution >= 4 is 28.9 Å². The predicted octanol–water partition coefficient (Wildman–Crippen LogP) is 3.88. The molecule has 1 aliphatic heterocycles. The predicted molar refractivity (Wildman–Crippen MR) is 93.6 cm³/mol. The topological polar surface area (TPSA) is 41.6 Å². The van der Waals surface area contributed by atoms with E-state index in [1.54, 1.807) is 31.2 Å². The number of halogens is 2. The molecule has 1 heterocycles. The van der Waals surface area contributed by atoms with Gasteiger partial charge in [0.2, 0.25) is 0 Å². The number of para-hydroxylation sites is 1. The minimum atomic E-state index is -0.440. The van der Waals surface area contributed by atoms with Gasteiger partial charge >= 0.3 is 0 Å². The van der Waals surface area contributed by atoms with E-state index in [1.807, 2.05) is 0 Å². The van der Waals surface area contributed by atoms with Crippen molar-refractivity contribution < 1.29 is 13.9 Å². The first kappa shape index (κ1) is 16.7. The van der Waals surface area contributed by atoms with Crippen LogP contribution in [-0.2, 0) is 4.74 Å². The highest BCUT2D eigenvalue weighted by Gasteiger charge is 2.20. The maximum Gasteiger partial charge on any atom is 0.256 e. The Morgan fingerprint density at radius 2 is 2.00 bits per heavy atom. The average Bonchev–Trinajstić information content (AvgIpc) is 2.58. The number of anilines is 2. The average molecular weight is 349 g/mol. The van der Waals surface area contributed by atoms with Crippen molar-refractivity contribution in [2.24, 2.45) is 0 Å². The van der Waals surface area contributed by atoms with Crippen LogP contribution in [0.4, 0.5) is 15.8 Å². The molecular formula is C18H18ClFN2O2. The molecule has 4 nitrogen and oxygen atoms in total. The lowest BCUT2D eigenvalue weighted by Gasteiger charge is -2.31. The first-order valence-electron chi connectivity index (χ1n) is 7.75. The molecule has 126 valence electrons. The van der Waals surface area contributed by atoms with Gasteiger partial charge in [0.1, 0.15) is 5.82 Å². The summed E-state index contributed by atoms with van der Waals surface area (Å²) in [5.41, 5.74) is 2.40. The molecule has 1 saturated heterocycles. The highest BCUT2D eigenvalue weighted by atomic mass is 35.5. The molecule has 0 atom stereocenters. The van der Waals surface area contributed by atoms with Gasteiger partial charge in [-0.1, -0.05) is 23.7 Å². The second kappa shape index (κ2) is 7.20. The van der Waals surface area contributed by atoms with Crippen LogP contribution in [0.15, 0.2) is 36.4 Å². The van der Waals surface area contributed by atoms with E-state index >= 15 is 0 Å². The van der Waals surface area contributed by atoms with E-state index < -0.39 is 5.82 Å². The van der Waals surface area contributed by atoms with Gasteiger partial charge in [0.05, 0.1) is 29.6 Å². The zero-order valence-corrected chi connectivity index (χ0v) is 14.1. The molecular weight excluding hydrogens is 331 g/mol. The van der Waals surface area contributed by atoms with Gasteiger partial charge in [0.25, 0.3) is 5.91 Å². The van der Waals surface area contributed by atoms with Crippen LogP contribution in [0, 0.1) is 12.7 Å². The summed E-state index contributed by atoms with van der Waals surface area (Å²) in [5.74, 6) is -0.797. The van der Waals surface area contributed by atoms with Crippen LogP contribution >= 0.6 is 11.6 Å². The molecule has 0 spiro atoms. The fraction of sp³-hybridized carbons (Fsp3) is 0.278. The van der Waals surface area contributed by atoms with Gasteiger partial charge in [0, 0.05) is 18.7 Å². The number of amides is 1. The zero-order valence-electron chi connectivity index (χ0n) is 13.3. The number of benzene rings is 2. The van der Waals surface area contributed by atoms with E-state index in [9.17, 15) is 9.18 Å². The summed E-state index contributed by atoms with van der Waals surface area (Å²) in [6, 6.07) is 9.53. The van der Waals surface area contributed by atoms with Crippen molar-refractivity contribution in [1.82, 2.24) is 0 Å². The van der Waals surface area contributed by atoms with Gasteiger partial charge in [0.15, 0.2) is 0 Å². The van der Waals surface area contributed by atoms with Crippen LogP contribution in [0.25, 0.3) is 0 Å². The molecule has 0 bridgehead atoms. The van der Waals surface area contributed by atoms with Gasteiger partial charge in [-0.25, -0.2) is 4.39 Å². The largest absolute Gasteiger partial charge is 0.378 e. The molecule has 2 aromatic rings. The van der Waals surface area contributed by atoms with Crippen molar-refractivity contribution in [1.29, 1.82) is 0 Å². The summed E-state index contributed by atoms with van der Waals surface area (Å²) in [5, 5.41) is 3.42. The van der Waals surface area contributed by atoms with Gasteiger partial charge in [-0.15, -0.1) is 0 Å². The van der Waals surface area contributed by atoms with Gasteiger partial charge < -0.3 is 15.0 Å². The lowest BCUT2D eigenvalue weighted by atomic mass is 10.1. The number of ether oxygens (including phenoxy) is 1. The number of nitrogens with one attached hydrogen (secondary N) is 1. The smallest absolute Gasteiger partial charge is 0.256 e. The summed E-state index contributed by atoms with van der Waals surface area (Å²) < 4.78 is 18.8. The molecule has 0 aliphatic carbocycles. The summed E-state index contributed by atoms with van der Waals surface area (Å²) in [7, 11) is 0. The van der Waals surface area contributed by atoms with Crippen LogP contribution in [0.2, 0.25) is 5.02 Å². The number of aryl methyl sites for hydroxylation is 1. The molecule has 0 saturated carbocycles. The lowest BCUT2D eigenvalue weighted by Crippen LogP contribution is -2.37. The van der Waals surface area contributed by atoms with E-state index in [0.29, 0.717) is 48.1 Å². The maximum atomic E-state index is 13.5. The number of nitrogens with zero attached hydrogens (tertiary/aromatic N) is 1. The zero-order chi connectivity index (χ0) is 17.1. The van der Waals surface area contributed by atoms with E-state index in [1.165, 1.54) is 12.1 Å². The van der Waals surface area contributed by atoms with Gasteiger partial charge in [-0.2, -0.15) is 0 Å². The summed E-state index contributed by atoms with van der Waals surface area (Å²) in [4.78, 5) is 14.7. The van der Waals surface area contributed by atoms with Crippen LogP contribution in [0.5, 0.6) is 0 Å². The molecule has 0 aromatic heterocycles. The normalized spacial score (nSPS) is 14.5. The Bertz CT molecular complexity index is 761. The third-order valence-electron chi connectivity index (χ3n) is 4.01. The third kappa shape index (κ3) is 3.52. The Morgan fingerprint density at radius 3 is 2.75 bits per heavy atom. The Balaban J connectivity index is 1.91. The Hall–Kier alpha value is -2.11. The van der Waals surface area contributed by atoms with Crippen molar-refractivity contribution in [3.05, 3.63) is 58.4 Å². The first-order chi connectivity index (χ1) is 11.6. The molecule has 2 aromatic carbocycles. The molecule has 0 unspecified atom stereocenters. The molecule has 6 heteroatoms. The Morgan fingerprint density at radius 1 is 1.25 bits per heavy atom. The van der Waals surface area contributed by atoms with Crippen LogP contribution in [0.1, 0.15) is 15.9 Å². The molecule has 1 N–H and O–H groups in total. The fourth-order valence-electron chi connectivity index (χ4n) is 2.75. The van der Waals surface area contributed by atoms with E-state index in [-0.39, 0.29) is 5.91 Å². The minimum absolute atomic E-state index is 0.308. The van der Waals surface area contributed by atoms with Crippen LogP contribution in [0.3, 0.4) is 0 Å². The van der Waals surface area contributed by atoms with Crippen molar-refractivity contribution in [3.63, 3.8) is 0 Å². The second-order valence-electron chi connectivity index (χ2n) is 5.65. The van der Waals surface area contributed by atoms with Crippen molar-refractivity contribution in [2.45, 2.75) is 6.92 Å². The summed E-state index contributed by atoms with van der Waals surface area (Å²) in [6.07, 6.45) is 0. The van der Waals surface area contributed by atoms with E-state index in [4.69, 9.17) is 16.3 Å². The minimum Gasteiger partial charge on any atom is -0.378 e. The Labute approximate surface area is 145 Å². The number of morpholine rings is 1. The highest BCUT2D eigenvalue weighted by Crippen LogP contribution is 2.34.